The summed E-state index contributed by atoms with van der Waals surface area (Å²) >= 11 is 5.98. The van der Waals surface area contributed by atoms with Gasteiger partial charge >= 0.3 is 5.69 Å². The van der Waals surface area contributed by atoms with Crippen LogP contribution in [0.3, 0.4) is 0 Å². The van der Waals surface area contributed by atoms with E-state index in [0.717, 1.165) is 16.8 Å². The number of anilines is 1. The van der Waals surface area contributed by atoms with Crippen LogP contribution in [-0.2, 0) is 0 Å². The molecule has 4 rings (SSSR count). The Kier molecular flexibility index (Phi) is 3.78. The van der Waals surface area contributed by atoms with Crippen molar-refractivity contribution in [3.63, 3.8) is 0 Å². The Hall–Kier alpha value is -3.05. The van der Waals surface area contributed by atoms with Crippen molar-refractivity contribution in [3.05, 3.63) is 103 Å². The maximum atomic E-state index is 12.4. The Morgan fingerprint density at radius 3 is 2.32 bits per heavy atom. The average Bonchev–Trinajstić information content (AvgIpc) is 2.62. The van der Waals surface area contributed by atoms with Gasteiger partial charge in [0, 0.05) is 16.6 Å². The molecule has 0 amide bonds. The zero-order valence-electron chi connectivity index (χ0n) is 13.0. The molecule has 1 aromatic heterocycles. The molecule has 0 spiro atoms. The minimum absolute atomic E-state index is 0.302. The minimum atomic E-state index is -0.541. The number of halogens is 1. The van der Waals surface area contributed by atoms with E-state index in [2.05, 4.69) is 15.3 Å². The molecule has 25 heavy (non-hydrogen) atoms. The highest BCUT2D eigenvalue weighted by molar-refractivity contribution is 6.30. The number of aromatic nitrogens is 2. The summed E-state index contributed by atoms with van der Waals surface area (Å²) in [5.41, 5.74) is 2.23. The molecule has 5 nitrogen and oxygen atoms in total. The van der Waals surface area contributed by atoms with E-state index in [1.54, 1.807) is 12.1 Å². The summed E-state index contributed by atoms with van der Waals surface area (Å²) in [5, 5.41) is 3.79. The molecule has 3 aromatic rings. The predicted molar refractivity (Wildman–Crippen MR) is 99.0 cm³/mol. The lowest BCUT2D eigenvalue weighted by Gasteiger charge is -2.25. The molecule has 2 aromatic carbocycles. The summed E-state index contributed by atoms with van der Waals surface area (Å²) in [6.45, 7) is 0. The molecule has 1 unspecified atom stereocenters. The van der Waals surface area contributed by atoms with E-state index in [1.165, 1.54) is 0 Å². The van der Waals surface area contributed by atoms with Crippen molar-refractivity contribution in [1.82, 2.24) is 9.97 Å². The number of benzene rings is 2. The summed E-state index contributed by atoms with van der Waals surface area (Å²) in [5.74, 6) is 0.111. The second kappa shape index (κ2) is 6.11. The van der Waals surface area contributed by atoms with E-state index >= 15 is 0 Å². The third-order valence-electron chi connectivity index (χ3n) is 4.20. The fourth-order valence-electron chi connectivity index (χ4n) is 3.04. The van der Waals surface area contributed by atoms with Crippen LogP contribution < -0.4 is 16.6 Å². The van der Waals surface area contributed by atoms with Crippen LogP contribution in [0.5, 0.6) is 0 Å². The number of fused-ring (bicyclic) bond motifs is 1. The molecular weight excluding hydrogens is 338 g/mol. The molecule has 0 saturated heterocycles. The van der Waals surface area contributed by atoms with Gasteiger partial charge in [-0.05, 0) is 29.3 Å². The van der Waals surface area contributed by atoms with Crippen molar-refractivity contribution in [2.24, 2.45) is 0 Å². The first kappa shape index (κ1) is 15.5. The molecule has 1 aliphatic rings. The lowest BCUT2D eigenvalue weighted by atomic mass is 9.88. The standard InChI is InChI=1S/C19H14ClN3O2/c20-13-8-6-11(7-9-13)14-10-15(12-4-2-1-3-5-12)21-17-16(14)18(24)23-19(25)22-17/h1-10,14H,(H3,21,22,23,24,25). The first-order valence-electron chi connectivity index (χ1n) is 7.78. The molecule has 0 fully saturated rings. The van der Waals surface area contributed by atoms with Gasteiger partial charge in [0.25, 0.3) is 5.56 Å². The number of rotatable bonds is 2. The van der Waals surface area contributed by atoms with Crippen LogP contribution >= 0.6 is 11.6 Å². The van der Waals surface area contributed by atoms with Crippen LogP contribution in [0.1, 0.15) is 22.6 Å². The Labute approximate surface area is 148 Å². The third-order valence-corrected chi connectivity index (χ3v) is 4.45. The number of hydrogen-bond acceptors (Lipinski definition) is 3. The zero-order chi connectivity index (χ0) is 17.4. The Morgan fingerprint density at radius 1 is 0.880 bits per heavy atom. The van der Waals surface area contributed by atoms with E-state index in [0.29, 0.717) is 16.4 Å². The highest BCUT2D eigenvalue weighted by Gasteiger charge is 2.26. The van der Waals surface area contributed by atoms with E-state index in [-0.39, 0.29) is 5.92 Å². The number of H-pyrrole nitrogens is 2. The lowest BCUT2D eigenvalue weighted by Crippen LogP contribution is -2.31. The predicted octanol–water partition coefficient (Wildman–Crippen LogP) is 3.32. The molecule has 1 atom stereocenters. The van der Waals surface area contributed by atoms with E-state index in [4.69, 9.17) is 11.6 Å². The summed E-state index contributed by atoms with van der Waals surface area (Å²) in [6.07, 6.45) is 1.98. The molecule has 0 radical (unpaired) electrons. The summed E-state index contributed by atoms with van der Waals surface area (Å²) in [6, 6.07) is 17.1. The molecule has 2 heterocycles. The maximum Gasteiger partial charge on any atom is 0.327 e. The average molecular weight is 352 g/mol. The first-order valence-corrected chi connectivity index (χ1v) is 8.16. The van der Waals surface area contributed by atoms with Gasteiger partial charge in [0.1, 0.15) is 5.82 Å². The quantitative estimate of drug-likeness (QED) is 0.662. The number of allylic oxidation sites excluding steroid dienone is 1. The fourth-order valence-corrected chi connectivity index (χ4v) is 3.16. The monoisotopic (exact) mass is 351 g/mol. The summed E-state index contributed by atoms with van der Waals surface area (Å²) < 4.78 is 0. The Bertz CT molecular complexity index is 1070. The first-order chi connectivity index (χ1) is 12.1. The fraction of sp³-hybridized carbons (Fsp3) is 0.0526. The molecule has 3 N–H and O–H groups in total. The van der Waals surface area contributed by atoms with Gasteiger partial charge < -0.3 is 5.32 Å². The summed E-state index contributed by atoms with van der Waals surface area (Å²) in [7, 11) is 0. The SMILES string of the molecule is O=c1[nH]c2c(c(=O)[nH]1)C(c1ccc(Cl)cc1)C=C(c1ccccc1)N2. The van der Waals surface area contributed by atoms with Crippen LogP contribution in [0.15, 0.2) is 70.3 Å². The van der Waals surface area contributed by atoms with Crippen molar-refractivity contribution in [3.8, 4) is 0 Å². The molecular formula is C19H14ClN3O2. The van der Waals surface area contributed by atoms with Gasteiger partial charge in [-0.15, -0.1) is 0 Å². The molecule has 1 aliphatic heterocycles. The maximum absolute atomic E-state index is 12.4. The van der Waals surface area contributed by atoms with Gasteiger partial charge in [-0.1, -0.05) is 54.1 Å². The van der Waals surface area contributed by atoms with Crippen molar-refractivity contribution >= 4 is 23.1 Å². The normalized spacial score (nSPS) is 15.9. The Balaban J connectivity index is 1.93. The highest BCUT2D eigenvalue weighted by atomic mass is 35.5. The number of aromatic amines is 2. The van der Waals surface area contributed by atoms with Crippen molar-refractivity contribution < 1.29 is 0 Å². The lowest BCUT2D eigenvalue weighted by molar-refractivity contribution is 0.914. The topological polar surface area (TPSA) is 77.8 Å². The number of hydrogen-bond donors (Lipinski definition) is 3. The van der Waals surface area contributed by atoms with Gasteiger partial charge in [-0.25, -0.2) is 4.79 Å². The largest absolute Gasteiger partial charge is 0.341 e. The van der Waals surface area contributed by atoms with Crippen LogP contribution in [0.4, 0.5) is 5.82 Å². The van der Waals surface area contributed by atoms with Gasteiger partial charge in [0.2, 0.25) is 0 Å². The smallest absolute Gasteiger partial charge is 0.327 e. The van der Waals surface area contributed by atoms with Gasteiger partial charge in [-0.3, -0.25) is 14.8 Å². The zero-order valence-corrected chi connectivity index (χ0v) is 13.8. The Morgan fingerprint density at radius 2 is 1.60 bits per heavy atom. The van der Waals surface area contributed by atoms with E-state index in [1.807, 2.05) is 48.5 Å². The van der Waals surface area contributed by atoms with Crippen molar-refractivity contribution in [2.75, 3.05) is 5.32 Å². The molecule has 0 aliphatic carbocycles. The molecule has 0 bridgehead atoms. The van der Waals surface area contributed by atoms with Crippen LogP contribution in [0.2, 0.25) is 5.02 Å². The van der Waals surface area contributed by atoms with Crippen LogP contribution in [-0.4, -0.2) is 9.97 Å². The summed E-state index contributed by atoms with van der Waals surface area (Å²) in [4.78, 5) is 29.1. The van der Waals surface area contributed by atoms with Crippen molar-refractivity contribution in [1.29, 1.82) is 0 Å². The second-order valence-electron chi connectivity index (χ2n) is 5.80. The second-order valence-corrected chi connectivity index (χ2v) is 6.23. The van der Waals surface area contributed by atoms with E-state index in [9.17, 15) is 9.59 Å². The van der Waals surface area contributed by atoms with Crippen LogP contribution in [0.25, 0.3) is 5.70 Å². The van der Waals surface area contributed by atoms with Crippen molar-refractivity contribution in [2.45, 2.75) is 5.92 Å². The van der Waals surface area contributed by atoms with E-state index < -0.39 is 11.2 Å². The molecule has 0 saturated carbocycles. The molecule has 6 heteroatoms. The number of nitrogens with one attached hydrogen (secondary N) is 3. The third kappa shape index (κ3) is 2.90. The molecule has 124 valence electrons. The van der Waals surface area contributed by atoms with Crippen LogP contribution in [0, 0.1) is 0 Å². The van der Waals surface area contributed by atoms with Gasteiger partial charge in [-0.2, -0.15) is 0 Å². The van der Waals surface area contributed by atoms with Gasteiger partial charge in [0.05, 0.1) is 5.56 Å². The van der Waals surface area contributed by atoms with Gasteiger partial charge in [0.15, 0.2) is 0 Å². The minimum Gasteiger partial charge on any atom is -0.341 e. The highest BCUT2D eigenvalue weighted by Crippen LogP contribution is 2.36.